The highest BCUT2D eigenvalue weighted by Crippen LogP contribution is 2.28. The molecule has 2 aromatic heterocycles. The molecule has 0 spiro atoms. The highest BCUT2D eigenvalue weighted by molar-refractivity contribution is 5.85. The largest absolute Gasteiger partial charge is 0.421 e. The zero-order valence-electron chi connectivity index (χ0n) is 14.3. The molecule has 3 aromatic rings. The predicted molar refractivity (Wildman–Crippen MR) is 98.0 cm³/mol. The van der Waals surface area contributed by atoms with Gasteiger partial charge in [0.15, 0.2) is 0 Å². The highest BCUT2D eigenvalue weighted by Gasteiger charge is 2.23. The summed E-state index contributed by atoms with van der Waals surface area (Å²) in [4.78, 5) is 19.0. The second-order valence-electron chi connectivity index (χ2n) is 6.71. The fraction of sp³-hybridized carbons (Fsp3) is 0.368. The summed E-state index contributed by atoms with van der Waals surface area (Å²) in [5.41, 5.74) is 10.5. The molecule has 0 aliphatic carbocycles. The number of anilines is 1. The molecule has 1 fully saturated rings. The van der Waals surface area contributed by atoms with Crippen LogP contribution in [0, 0.1) is 6.92 Å². The fourth-order valence-corrected chi connectivity index (χ4v) is 3.57. The van der Waals surface area contributed by atoms with E-state index < -0.39 is 0 Å². The Kier molecular flexibility index (Phi) is 4.05. The third kappa shape index (κ3) is 2.93. The fourth-order valence-electron chi connectivity index (χ4n) is 3.57. The van der Waals surface area contributed by atoms with Gasteiger partial charge in [0.25, 0.3) is 5.71 Å². The molecule has 0 amide bonds. The molecule has 1 aliphatic rings. The minimum absolute atomic E-state index is 0.153. The van der Waals surface area contributed by atoms with Crippen LogP contribution in [0.5, 0.6) is 0 Å². The number of piperidine rings is 1. The van der Waals surface area contributed by atoms with E-state index in [0.29, 0.717) is 12.3 Å². The first-order valence-corrected chi connectivity index (χ1v) is 8.67. The predicted octanol–water partition coefficient (Wildman–Crippen LogP) is 2.27. The molecule has 0 bridgehead atoms. The molecule has 3 heterocycles. The smallest absolute Gasteiger partial charge is 0.388 e. The Morgan fingerprint density at radius 1 is 1.32 bits per heavy atom. The molecule has 1 aliphatic heterocycles. The van der Waals surface area contributed by atoms with E-state index in [4.69, 9.17) is 10.2 Å². The van der Waals surface area contributed by atoms with Crippen LogP contribution in [0.1, 0.15) is 24.0 Å². The zero-order valence-corrected chi connectivity index (χ0v) is 14.3. The van der Waals surface area contributed by atoms with Gasteiger partial charge in [-0.2, -0.15) is 0 Å². The van der Waals surface area contributed by atoms with Crippen LogP contribution in [0.25, 0.3) is 11.2 Å². The standard InChI is InChI=1S/C19H22N4O2/c1-13-5-2-3-6-14(13)11-23-17-16(22-10-4-7-15(20)12-22)8-9-21-18(17)25-19(23)24/h2-3,5-6,8-9,15H,4,7,10-12,20H2,1H3/t15-/m1/s1. The second kappa shape index (κ2) is 6.37. The minimum Gasteiger partial charge on any atom is -0.388 e. The van der Waals surface area contributed by atoms with Crippen LogP contribution in [0.4, 0.5) is 5.69 Å². The van der Waals surface area contributed by atoms with Gasteiger partial charge < -0.3 is 15.1 Å². The summed E-state index contributed by atoms with van der Waals surface area (Å²) in [5.74, 6) is -0.375. The molecule has 4 rings (SSSR count). The Bertz CT molecular complexity index is 959. The average molecular weight is 338 g/mol. The van der Waals surface area contributed by atoms with Crippen LogP contribution in [-0.4, -0.2) is 28.7 Å². The normalized spacial score (nSPS) is 18.0. The number of aryl methyl sites for hydroxylation is 1. The molecular formula is C19H22N4O2. The van der Waals surface area contributed by atoms with E-state index in [1.165, 1.54) is 0 Å². The van der Waals surface area contributed by atoms with E-state index in [1.807, 2.05) is 37.3 Å². The van der Waals surface area contributed by atoms with Gasteiger partial charge in [0, 0.05) is 25.3 Å². The summed E-state index contributed by atoms with van der Waals surface area (Å²) < 4.78 is 7.09. The highest BCUT2D eigenvalue weighted by atomic mass is 16.4. The number of rotatable bonds is 3. The Morgan fingerprint density at radius 3 is 2.96 bits per heavy atom. The van der Waals surface area contributed by atoms with Crippen molar-refractivity contribution in [3.63, 3.8) is 0 Å². The minimum atomic E-state index is -0.375. The Morgan fingerprint density at radius 2 is 2.16 bits per heavy atom. The van der Waals surface area contributed by atoms with Crippen molar-refractivity contribution in [2.45, 2.75) is 32.4 Å². The average Bonchev–Trinajstić information content (AvgIpc) is 2.92. The third-order valence-corrected chi connectivity index (χ3v) is 4.93. The monoisotopic (exact) mass is 338 g/mol. The summed E-state index contributed by atoms with van der Waals surface area (Å²) in [6, 6.07) is 10.2. The number of hydrogen-bond donors (Lipinski definition) is 1. The summed E-state index contributed by atoms with van der Waals surface area (Å²) in [5, 5.41) is 0. The molecule has 6 heteroatoms. The number of hydrogen-bond acceptors (Lipinski definition) is 5. The number of pyridine rings is 1. The lowest BCUT2D eigenvalue weighted by Crippen LogP contribution is -2.43. The van der Waals surface area contributed by atoms with Crippen molar-refractivity contribution in [2.75, 3.05) is 18.0 Å². The number of oxazole rings is 1. The van der Waals surface area contributed by atoms with Gasteiger partial charge in [0.2, 0.25) is 0 Å². The quantitative estimate of drug-likeness (QED) is 0.793. The SMILES string of the molecule is Cc1ccccc1Cn1c(=O)oc2nccc(N3CCC[C@@H](N)C3)c21. The van der Waals surface area contributed by atoms with E-state index in [0.717, 1.165) is 48.3 Å². The van der Waals surface area contributed by atoms with Crippen LogP contribution < -0.4 is 16.4 Å². The van der Waals surface area contributed by atoms with Crippen LogP contribution in [-0.2, 0) is 6.54 Å². The van der Waals surface area contributed by atoms with Crippen LogP contribution in [0.15, 0.2) is 45.7 Å². The second-order valence-corrected chi connectivity index (χ2v) is 6.71. The summed E-state index contributed by atoms with van der Waals surface area (Å²) in [6.07, 6.45) is 3.77. The molecule has 130 valence electrons. The zero-order chi connectivity index (χ0) is 17.4. The van der Waals surface area contributed by atoms with E-state index >= 15 is 0 Å². The third-order valence-electron chi connectivity index (χ3n) is 4.93. The number of nitrogens with two attached hydrogens (primary N) is 1. The lowest BCUT2D eigenvalue weighted by Gasteiger charge is -2.32. The first-order valence-electron chi connectivity index (χ1n) is 8.67. The van der Waals surface area contributed by atoms with Gasteiger partial charge in [0.05, 0.1) is 12.2 Å². The molecule has 6 nitrogen and oxygen atoms in total. The van der Waals surface area contributed by atoms with Crippen LogP contribution >= 0.6 is 0 Å². The number of benzene rings is 1. The maximum absolute atomic E-state index is 12.5. The lowest BCUT2D eigenvalue weighted by molar-refractivity contribution is 0.506. The molecule has 0 saturated carbocycles. The Hall–Kier alpha value is -2.60. The molecule has 0 radical (unpaired) electrons. The van der Waals surface area contributed by atoms with Gasteiger partial charge in [-0.05, 0) is 37.0 Å². The number of nitrogens with zero attached hydrogens (tertiary/aromatic N) is 3. The van der Waals surface area contributed by atoms with Gasteiger partial charge in [-0.25, -0.2) is 9.78 Å². The molecule has 1 aromatic carbocycles. The topological polar surface area (TPSA) is 77.3 Å². The van der Waals surface area contributed by atoms with E-state index in [-0.39, 0.29) is 11.8 Å². The first kappa shape index (κ1) is 15.9. The maximum atomic E-state index is 12.5. The van der Waals surface area contributed by atoms with Gasteiger partial charge >= 0.3 is 5.76 Å². The maximum Gasteiger partial charge on any atom is 0.421 e. The van der Waals surface area contributed by atoms with Crippen molar-refractivity contribution < 1.29 is 4.42 Å². The van der Waals surface area contributed by atoms with Gasteiger partial charge in [0.1, 0.15) is 5.52 Å². The molecule has 1 saturated heterocycles. The Balaban J connectivity index is 1.83. The first-order chi connectivity index (χ1) is 12.1. The molecule has 1 atom stereocenters. The Labute approximate surface area is 145 Å². The van der Waals surface area contributed by atoms with Gasteiger partial charge in [-0.15, -0.1) is 0 Å². The van der Waals surface area contributed by atoms with Crippen molar-refractivity contribution in [1.29, 1.82) is 0 Å². The molecule has 0 unspecified atom stereocenters. The number of aromatic nitrogens is 2. The molecular weight excluding hydrogens is 316 g/mol. The van der Waals surface area contributed by atoms with Crippen molar-refractivity contribution in [2.24, 2.45) is 5.73 Å². The summed E-state index contributed by atoms with van der Waals surface area (Å²) >= 11 is 0. The molecule has 2 N–H and O–H groups in total. The van der Waals surface area contributed by atoms with Crippen molar-refractivity contribution in [3.8, 4) is 0 Å². The van der Waals surface area contributed by atoms with Gasteiger partial charge in [-0.1, -0.05) is 24.3 Å². The summed E-state index contributed by atoms with van der Waals surface area (Å²) in [7, 11) is 0. The van der Waals surface area contributed by atoms with Gasteiger partial charge in [-0.3, -0.25) is 4.57 Å². The van der Waals surface area contributed by atoms with Crippen molar-refractivity contribution in [1.82, 2.24) is 9.55 Å². The van der Waals surface area contributed by atoms with Crippen molar-refractivity contribution >= 4 is 16.9 Å². The van der Waals surface area contributed by atoms with E-state index in [1.54, 1.807) is 10.8 Å². The van der Waals surface area contributed by atoms with E-state index in [9.17, 15) is 4.79 Å². The lowest BCUT2D eigenvalue weighted by atomic mass is 10.1. The number of fused-ring (bicyclic) bond motifs is 1. The van der Waals surface area contributed by atoms with Crippen LogP contribution in [0.3, 0.4) is 0 Å². The summed E-state index contributed by atoms with van der Waals surface area (Å²) in [6.45, 7) is 4.22. The molecule has 25 heavy (non-hydrogen) atoms. The van der Waals surface area contributed by atoms with Crippen molar-refractivity contribution in [3.05, 3.63) is 58.2 Å². The van der Waals surface area contributed by atoms with Crippen LogP contribution in [0.2, 0.25) is 0 Å². The van der Waals surface area contributed by atoms with E-state index in [2.05, 4.69) is 9.88 Å².